The fraction of sp³-hybridized carbons (Fsp3) is 0.385. The second kappa shape index (κ2) is 6.12. The van der Waals surface area contributed by atoms with E-state index in [1.807, 2.05) is 11.5 Å². The number of amides is 1. The van der Waals surface area contributed by atoms with Crippen molar-refractivity contribution < 1.29 is 18.0 Å². The average Bonchev–Trinajstić information content (AvgIpc) is 2.82. The molecule has 0 aromatic carbocycles. The van der Waals surface area contributed by atoms with Gasteiger partial charge in [-0.15, -0.1) is 0 Å². The molecule has 22 heavy (non-hydrogen) atoms. The molecule has 6 nitrogen and oxygen atoms in total. The Morgan fingerprint density at radius 3 is 2.64 bits per heavy atom. The van der Waals surface area contributed by atoms with Crippen LogP contribution in [0.1, 0.15) is 27.8 Å². The molecule has 1 N–H and O–H groups in total. The van der Waals surface area contributed by atoms with E-state index in [1.165, 1.54) is 6.92 Å². The summed E-state index contributed by atoms with van der Waals surface area (Å²) < 4.78 is 39.8. The van der Waals surface area contributed by atoms with Gasteiger partial charge in [0.05, 0.1) is 0 Å². The number of nitrogens with zero attached hydrogens (tertiary/aromatic N) is 4. The van der Waals surface area contributed by atoms with Crippen molar-refractivity contribution in [3.63, 3.8) is 0 Å². The molecule has 0 unspecified atom stereocenters. The van der Waals surface area contributed by atoms with Gasteiger partial charge in [0.2, 0.25) is 0 Å². The Balaban J connectivity index is 2.03. The highest BCUT2D eigenvalue weighted by atomic mass is 19.4. The summed E-state index contributed by atoms with van der Waals surface area (Å²) in [7, 11) is 0. The third-order valence-corrected chi connectivity index (χ3v) is 2.92. The molecule has 0 aliphatic heterocycles. The summed E-state index contributed by atoms with van der Waals surface area (Å²) in [6.07, 6.45) is -1.24. The van der Waals surface area contributed by atoms with Gasteiger partial charge in [-0.25, -0.2) is 15.0 Å². The second-order valence-electron chi connectivity index (χ2n) is 4.61. The van der Waals surface area contributed by atoms with Crippen molar-refractivity contribution in [3.05, 3.63) is 41.5 Å². The Morgan fingerprint density at radius 2 is 2.05 bits per heavy atom. The van der Waals surface area contributed by atoms with E-state index in [9.17, 15) is 18.0 Å². The number of aryl methyl sites for hydroxylation is 2. The first-order valence-electron chi connectivity index (χ1n) is 6.46. The van der Waals surface area contributed by atoms with Crippen molar-refractivity contribution in [1.29, 1.82) is 0 Å². The van der Waals surface area contributed by atoms with Crippen LogP contribution in [-0.4, -0.2) is 32.0 Å². The number of imidazole rings is 1. The van der Waals surface area contributed by atoms with Gasteiger partial charge in [0.1, 0.15) is 23.0 Å². The first-order chi connectivity index (χ1) is 10.3. The first kappa shape index (κ1) is 15.9. The Morgan fingerprint density at radius 1 is 1.32 bits per heavy atom. The van der Waals surface area contributed by atoms with Gasteiger partial charge in [0, 0.05) is 31.5 Å². The highest BCUT2D eigenvalue weighted by Gasteiger charge is 2.33. The molecular weight excluding hydrogens is 299 g/mol. The summed E-state index contributed by atoms with van der Waals surface area (Å²) in [4.78, 5) is 23.0. The largest absolute Gasteiger partial charge is 0.433 e. The molecular formula is C13H14F3N5O. The molecule has 9 heteroatoms. The van der Waals surface area contributed by atoms with E-state index in [1.54, 1.807) is 12.4 Å². The van der Waals surface area contributed by atoms with Crippen LogP contribution in [0, 0.1) is 13.8 Å². The lowest BCUT2D eigenvalue weighted by Crippen LogP contribution is -2.29. The van der Waals surface area contributed by atoms with Crippen LogP contribution in [0.2, 0.25) is 0 Å². The number of rotatable bonds is 4. The standard InChI is InChI=1S/C13H14F3N5O/c1-8-19-10(7-11(20-8)13(14,15)16)12(22)18-4-6-21-5-3-17-9(21)2/h3,5,7H,4,6H2,1-2H3,(H,18,22). The number of aromatic nitrogens is 4. The number of hydrogen-bond donors (Lipinski definition) is 1. The number of nitrogens with one attached hydrogen (secondary N) is 1. The minimum Gasteiger partial charge on any atom is -0.349 e. The quantitative estimate of drug-likeness (QED) is 0.933. The lowest BCUT2D eigenvalue weighted by molar-refractivity contribution is -0.141. The molecule has 1 amide bonds. The molecule has 118 valence electrons. The van der Waals surface area contributed by atoms with Crippen LogP contribution < -0.4 is 5.32 Å². The van der Waals surface area contributed by atoms with Crippen LogP contribution in [0.15, 0.2) is 18.5 Å². The van der Waals surface area contributed by atoms with Crippen LogP contribution in [0.3, 0.4) is 0 Å². The maximum Gasteiger partial charge on any atom is 0.433 e. The van der Waals surface area contributed by atoms with Gasteiger partial charge in [0.15, 0.2) is 0 Å². The molecule has 0 saturated heterocycles. The number of carbonyl (C=O) groups excluding carboxylic acids is 1. The molecule has 0 bridgehead atoms. The third-order valence-electron chi connectivity index (χ3n) is 2.92. The normalized spacial score (nSPS) is 11.5. The number of halogens is 3. The van der Waals surface area contributed by atoms with Gasteiger partial charge < -0.3 is 9.88 Å². The Bertz CT molecular complexity index is 681. The second-order valence-corrected chi connectivity index (χ2v) is 4.61. The van der Waals surface area contributed by atoms with Crippen molar-refractivity contribution in [2.75, 3.05) is 6.54 Å². The molecule has 0 fully saturated rings. The lowest BCUT2D eigenvalue weighted by atomic mass is 10.3. The van der Waals surface area contributed by atoms with E-state index < -0.39 is 17.8 Å². The van der Waals surface area contributed by atoms with Gasteiger partial charge in [0.25, 0.3) is 5.91 Å². The summed E-state index contributed by atoms with van der Waals surface area (Å²) in [5, 5.41) is 2.53. The van der Waals surface area contributed by atoms with Gasteiger partial charge in [-0.05, 0) is 13.8 Å². The summed E-state index contributed by atoms with van der Waals surface area (Å²) in [5.41, 5.74) is -1.43. The molecule has 0 aliphatic rings. The predicted octanol–water partition coefficient (Wildman–Crippen LogP) is 1.74. The molecule has 2 rings (SSSR count). The Hall–Kier alpha value is -2.45. The number of hydrogen-bond acceptors (Lipinski definition) is 4. The first-order valence-corrected chi connectivity index (χ1v) is 6.46. The average molecular weight is 313 g/mol. The Kier molecular flexibility index (Phi) is 4.43. The van der Waals surface area contributed by atoms with Gasteiger partial charge in [-0.1, -0.05) is 0 Å². The van der Waals surface area contributed by atoms with E-state index in [4.69, 9.17) is 0 Å². The third kappa shape index (κ3) is 3.80. The smallest absolute Gasteiger partial charge is 0.349 e. The zero-order chi connectivity index (χ0) is 16.3. The zero-order valence-electron chi connectivity index (χ0n) is 12.0. The van der Waals surface area contributed by atoms with E-state index >= 15 is 0 Å². The van der Waals surface area contributed by atoms with E-state index in [2.05, 4.69) is 20.3 Å². The molecule has 0 aliphatic carbocycles. The van der Waals surface area contributed by atoms with Crippen LogP contribution in [0.5, 0.6) is 0 Å². The van der Waals surface area contributed by atoms with Crippen LogP contribution in [-0.2, 0) is 12.7 Å². The van der Waals surface area contributed by atoms with Gasteiger partial charge >= 0.3 is 6.18 Å². The number of carbonyl (C=O) groups is 1. The van der Waals surface area contributed by atoms with Crippen molar-refractivity contribution >= 4 is 5.91 Å². The van der Waals surface area contributed by atoms with Crippen molar-refractivity contribution in [3.8, 4) is 0 Å². The van der Waals surface area contributed by atoms with E-state index in [0.717, 1.165) is 5.82 Å². The SMILES string of the molecule is Cc1nc(C(=O)NCCn2ccnc2C)cc(C(F)(F)F)n1. The minimum atomic E-state index is -4.61. The zero-order valence-corrected chi connectivity index (χ0v) is 12.0. The lowest BCUT2D eigenvalue weighted by Gasteiger charge is -2.10. The fourth-order valence-electron chi connectivity index (χ4n) is 1.85. The fourth-order valence-corrected chi connectivity index (χ4v) is 1.85. The van der Waals surface area contributed by atoms with Gasteiger partial charge in [-0.2, -0.15) is 13.2 Å². The van der Waals surface area contributed by atoms with Crippen LogP contribution >= 0.6 is 0 Å². The molecule has 0 radical (unpaired) electrons. The summed E-state index contributed by atoms with van der Waals surface area (Å²) in [5.74, 6) is 0.00526. The summed E-state index contributed by atoms with van der Waals surface area (Å²) >= 11 is 0. The van der Waals surface area contributed by atoms with E-state index in [0.29, 0.717) is 12.6 Å². The molecule has 2 heterocycles. The van der Waals surface area contributed by atoms with Crippen molar-refractivity contribution in [2.24, 2.45) is 0 Å². The minimum absolute atomic E-state index is 0.106. The predicted molar refractivity (Wildman–Crippen MR) is 71.1 cm³/mol. The maximum absolute atomic E-state index is 12.7. The summed E-state index contributed by atoms with van der Waals surface area (Å²) in [6, 6.07) is 0.644. The van der Waals surface area contributed by atoms with Crippen LogP contribution in [0.4, 0.5) is 13.2 Å². The molecule has 2 aromatic heterocycles. The molecule has 0 atom stereocenters. The molecule has 2 aromatic rings. The van der Waals surface area contributed by atoms with Crippen molar-refractivity contribution in [1.82, 2.24) is 24.8 Å². The molecule has 0 spiro atoms. The Labute approximate surface area is 124 Å². The maximum atomic E-state index is 12.7. The summed E-state index contributed by atoms with van der Waals surface area (Å²) in [6.45, 7) is 3.83. The van der Waals surface area contributed by atoms with E-state index in [-0.39, 0.29) is 18.1 Å². The van der Waals surface area contributed by atoms with Crippen LogP contribution in [0.25, 0.3) is 0 Å². The topological polar surface area (TPSA) is 72.7 Å². The highest BCUT2D eigenvalue weighted by molar-refractivity contribution is 5.92. The van der Waals surface area contributed by atoms with Crippen molar-refractivity contribution in [2.45, 2.75) is 26.6 Å². The monoisotopic (exact) mass is 313 g/mol. The number of alkyl halides is 3. The van der Waals surface area contributed by atoms with Gasteiger partial charge in [-0.3, -0.25) is 4.79 Å². The molecule has 0 saturated carbocycles. The highest BCUT2D eigenvalue weighted by Crippen LogP contribution is 2.27.